The fourth-order valence-corrected chi connectivity index (χ4v) is 0.815. The highest BCUT2D eigenvalue weighted by atomic mass is 16.7. The van der Waals surface area contributed by atoms with Crippen LogP contribution in [0.3, 0.4) is 0 Å². The van der Waals surface area contributed by atoms with Crippen LogP contribution in [0.1, 0.15) is 0 Å². The first-order chi connectivity index (χ1) is 4.86. The van der Waals surface area contributed by atoms with Crippen LogP contribution in [-0.2, 0) is 19.0 Å². The third-order valence-corrected chi connectivity index (χ3v) is 1.24. The molecule has 1 rings (SSSR count). The summed E-state index contributed by atoms with van der Waals surface area (Å²) in [5, 5.41) is 0. The lowest BCUT2D eigenvalue weighted by atomic mass is 10.4. The van der Waals surface area contributed by atoms with E-state index >= 15 is 0 Å². The van der Waals surface area contributed by atoms with Gasteiger partial charge in [0.2, 0.25) is 6.29 Å². The first-order valence-electron chi connectivity index (χ1n) is 3.08. The first kappa shape index (κ1) is 7.65. The average Bonchev–Trinajstić information content (AvgIpc) is 2.37. The molecule has 0 amide bonds. The molecule has 0 aromatic carbocycles. The van der Waals surface area contributed by atoms with E-state index in [0.29, 0.717) is 19.5 Å². The van der Waals surface area contributed by atoms with Gasteiger partial charge in [-0.2, -0.15) is 0 Å². The van der Waals surface area contributed by atoms with E-state index in [2.05, 4.69) is 0 Å². The van der Waals surface area contributed by atoms with Crippen LogP contribution in [0, 0.1) is 0 Å². The molecule has 1 aliphatic rings. The van der Waals surface area contributed by atoms with E-state index in [4.69, 9.17) is 14.2 Å². The van der Waals surface area contributed by atoms with E-state index in [-0.39, 0.29) is 6.10 Å². The van der Waals surface area contributed by atoms with Gasteiger partial charge >= 0.3 is 0 Å². The van der Waals surface area contributed by atoms with Gasteiger partial charge in [0.05, 0.1) is 13.2 Å². The van der Waals surface area contributed by atoms with Gasteiger partial charge in [0.15, 0.2) is 6.29 Å². The molecule has 0 bridgehead atoms. The molecule has 0 saturated carbocycles. The van der Waals surface area contributed by atoms with Gasteiger partial charge in [-0.3, -0.25) is 4.79 Å². The van der Waals surface area contributed by atoms with Crippen molar-refractivity contribution in [2.24, 2.45) is 0 Å². The predicted molar refractivity (Wildman–Crippen MR) is 32.6 cm³/mol. The molecule has 0 aromatic rings. The Kier molecular flexibility index (Phi) is 2.80. The summed E-state index contributed by atoms with van der Waals surface area (Å²) >= 11 is 0. The second kappa shape index (κ2) is 3.65. The Balaban J connectivity index is 2.21. The van der Waals surface area contributed by atoms with Crippen molar-refractivity contribution in [3.63, 3.8) is 0 Å². The van der Waals surface area contributed by atoms with Crippen LogP contribution in [0.5, 0.6) is 0 Å². The Hall–Kier alpha value is -0.450. The maximum Gasteiger partial charge on any atom is 0.215 e. The zero-order valence-electron chi connectivity index (χ0n) is 5.78. The fourth-order valence-electron chi connectivity index (χ4n) is 0.815. The van der Waals surface area contributed by atoms with Crippen LogP contribution < -0.4 is 0 Å². The lowest BCUT2D eigenvalue weighted by Gasteiger charge is -2.04. The Morgan fingerprint density at radius 1 is 1.80 bits per heavy atom. The van der Waals surface area contributed by atoms with Gasteiger partial charge in [-0.1, -0.05) is 0 Å². The molecule has 0 aromatic heterocycles. The molecule has 1 saturated heterocycles. The quantitative estimate of drug-likeness (QED) is 0.507. The van der Waals surface area contributed by atoms with E-state index in [1.807, 2.05) is 0 Å². The van der Waals surface area contributed by atoms with Crippen LogP contribution in [0.15, 0.2) is 0 Å². The zero-order valence-corrected chi connectivity index (χ0v) is 5.78. The summed E-state index contributed by atoms with van der Waals surface area (Å²) < 4.78 is 14.7. The summed E-state index contributed by atoms with van der Waals surface area (Å²) in [6, 6.07) is 0. The summed E-state index contributed by atoms with van der Waals surface area (Å²) in [6.45, 7) is 0.918. The number of carbonyl (C=O) groups is 1. The Labute approximate surface area is 59.1 Å². The average molecular weight is 146 g/mol. The molecule has 0 N–H and O–H groups in total. The third-order valence-electron chi connectivity index (χ3n) is 1.24. The normalized spacial score (nSPS) is 32.5. The third kappa shape index (κ3) is 1.76. The number of hydrogen-bond donors (Lipinski definition) is 0. The highest BCUT2D eigenvalue weighted by molar-refractivity contribution is 5.54. The molecule has 1 heterocycles. The molecule has 0 aliphatic carbocycles. The van der Waals surface area contributed by atoms with Crippen LogP contribution in [0.4, 0.5) is 0 Å². The van der Waals surface area contributed by atoms with Gasteiger partial charge in [-0.05, 0) is 0 Å². The lowest BCUT2D eigenvalue weighted by Crippen LogP contribution is -2.18. The molecule has 2 unspecified atom stereocenters. The van der Waals surface area contributed by atoms with Crippen molar-refractivity contribution in [2.75, 3.05) is 20.3 Å². The standard InChI is InChI=1S/C6H10O4/c1-8-3-5-4-9-6(2-7)10-5/h2,5-6H,3-4H2,1H3. The summed E-state index contributed by atoms with van der Waals surface area (Å²) in [4.78, 5) is 10.1. The fraction of sp³-hybridized carbons (Fsp3) is 0.833. The Bertz CT molecular complexity index is 114. The second-order valence-electron chi connectivity index (χ2n) is 2.05. The van der Waals surface area contributed by atoms with Gasteiger partial charge in [0.25, 0.3) is 0 Å². The Morgan fingerprint density at radius 3 is 3.10 bits per heavy atom. The van der Waals surface area contributed by atoms with Crippen molar-refractivity contribution in [3.8, 4) is 0 Å². The van der Waals surface area contributed by atoms with Gasteiger partial charge < -0.3 is 14.2 Å². The maximum atomic E-state index is 10.1. The number of hydrogen-bond acceptors (Lipinski definition) is 4. The molecule has 1 aliphatic heterocycles. The van der Waals surface area contributed by atoms with Crippen molar-refractivity contribution in [1.29, 1.82) is 0 Å². The predicted octanol–water partition coefficient (Wildman–Crippen LogP) is -0.427. The largest absolute Gasteiger partial charge is 0.382 e. The van der Waals surface area contributed by atoms with Crippen molar-refractivity contribution in [3.05, 3.63) is 0 Å². The topological polar surface area (TPSA) is 44.8 Å². The minimum Gasteiger partial charge on any atom is -0.382 e. The summed E-state index contributed by atoms with van der Waals surface area (Å²) in [5.41, 5.74) is 0. The van der Waals surface area contributed by atoms with Gasteiger partial charge in [-0.25, -0.2) is 0 Å². The molecule has 0 radical (unpaired) electrons. The maximum absolute atomic E-state index is 10.1. The summed E-state index contributed by atoms with van der Waals surface area (Å²) in [7, 11) is 1.58. The smallest absolute Gasteiger partial charge is 0.215 e. The number of ether oxygens (including phenoxy) is 3. The second-order valence-corrected chi connectivity index (χ2v) is 2.05. The molecular formula is C6H10O4. The molecule has 2 atom stereocenters. The van der Waals surface area contributed by atoms with E-state index in [1.165, 1.54) is 0 Å². The summed E-state index contributed by atoms with van der Waals surface area (Å²) in [5.74, 6) is 0. The van der Waals surface area contributed by atoms with E-state index in [9.17, 15) is 4.79 Å². The zero-order chi connectivity index (χ0) is 7.40. The molecule has 58 valence electrons. The molecule has 10 heavy (non-hydrogen) atoms. The SMILES string of the molecule is COCC1COC(C=O)O1. The molecular weight excluding hydrogens is 136 g/mol. The number of carbonyl (C=O) groups excluding carboxylic acids is 1. The highest BCUT2D eigenvalue weighted by Gasteiger charge is 2.24. The van der Waals surface area contributed by atoms with Crippen LogP contribution in [-0.4, -0.2) is 39.0 Å². The highest BCUT2D eigenvalue weighted by Crippen LogP contribution is 2.08. The molecule has 0 spiro atoms. The van der Waals surface area contributed by atoms with Gasteiger partial charge in [0.1, 0.15) is 6.10 Å². The Morgan fingerprint density at radius 2 is 2.60 bits per heavy atom. The van der Waals surface area contributed by atoms with E-state index in [1.54, 1.807) is 7.11 Å². The summed E-state index contributed by atoms with van der Waals surface area (Å²) in [6.07, 6.45) is -0.129. The van der Waals surface area contributed by atoms with Crippen LogP contribution in [0.25, 0.3) is 0 Å². The monoisotopic (exact) mass is 146 g/mol. The van der Waals surface area contributed by atoms with E-state index in [0.717, 1.165) is 0 Å². The van der Waals surface area contributed by atoms with Crippen LogP contribution in [0.2, 0.25) is 0 Å². The molecule has 1 fully saturated rings. The van der Waals surface area contributed by atoms with Crippen LogP contribution >= 0.6 is 0 Å². The van der Waals surface area contributed by atoms with Crippen molar-refractivity contribution < 1.29 is 19.0 Å². The first-order valence-corrected chi connectivity index (χ1v) is 3.08. The van der Waals surface area contributed by atoms with Crippen molar-refractivity contribution in [2.45, 2.75) is 12.4 Å². The minimum atomic E-state index is -0.680. The van der Waals surface area contributed by atoms with Gasteiger partial charge in [0, 0.05) is 7.11 Å². The number of rotatable bonds is 3. The molecule has 4 heteroatoms. The molecule has 4 nitrogen and oxygen atoms in total. The van der Waals surface area contributed by atoms with Crippen molar-refractivity contribution >= 4 is 6.29 Å². The van der Waals surface area contributed by atoms with Gasteiger partial charge in [-0.15, -0.1) is 0 Å². The van der Waals surface area contributed by atoms with E-state index < -0.39 is 6.29 Å². The lowest BCUT2D eigenvalue weighted by molar-refractivity contribution is -0.134. The number of methoxy groups -OCH3 is 1. The van der Waals surface area contributed by atoms with Crippen molar-refractivity contribution in [1.82, 2.24) is 0 Å². The minimum absolute atomic E-state index is 0.0831. The number of aldehydes is 1.